The monoisotopic (exact) mass is 569 g/mol. The third-order valence-electron chi connectivity index (χ3n) is 6.08. The lowest BCUT2D eigenvalue weighted by Crippen LogP contribution is -2.30. The van der Waals surface area contributed by atoms with E-state index >= 15 is 4.39 Å². The summed E-state index contributed by atoms with van der Waals surface area (Å²) < 4.78 is 88.5. The molecule has 0 saturated heterocycles. The summed E-state index contributed by atoms with van der Waals surface area (Å²) in [5.41, 5.74) is -1.49. The minimum absolute atomic E-state index is 0.00980. The number of rotatable bonds is 6. The Morgan fingerprint density at radius 2 is 1.65 bits per heavy atom. The Balaban J connectivity index is 1.62. The number of nitrogens with zero attached hydrogens (tertiary/aromatic N) is 3. The first-order chi connectivity index (χ1) is 19.0. The Bertz CT molecular complexity index is 1910. The Morgan fingerprint density at radius 1 is 0.900 bits per heavy atom. The van der Waals surface area contributed by atoms with Gasteiger partial charge in [-0.15, -0.1) is 0 Å². The fourth-order valence-electron chi connectivity index (χ4n) is 4.21. The quantitative estimate of drug-likeness (QED) is 0.196. The van der Waals surface area contributed by atoms with Crippen LogP contribution in [0.3, 0.4) is 0 Å². The molecule has 12 heteroatoms. The molecule has 7 nitrogen and oxygen atoms in total. The molecule has 0 radical (unpaired) electrons. The van der Waals surface area contributed by atoms with Gasteiger partial charge in [-0.1, -0.05) is 18.2 Å². The lowest BCUT2D eigenvalue weighted by Gasteiger charge is -2.18. The van der Waals surface area contributed by atoms with E-state index < -0.39 is 33.1 Å². The Hall–Kier alpha value is -4.71. The lowest BCUT2D eigenvalue weighted by molar-refractivity contribution is -0.614. The first kappa shape index (κ1) is 26.9. The maximum Gasteiger partial charge on any atom is 0.416 e. The van der Waals surface area contributed by atoms with E-state index in [4.69, 9.17) is 4.74 Å². The highest BCUT2D eigenvalue weighted by molar-refractivity contribution is 7.93. The van der Waals surface area contributed by atoms with Gasteiger partial charge >= 0.3 is 6.18 Å². The van der Waals surface area contributed by atoms with Crippen LogP contribution in [0.2, 0.25) is 0 Å². The second-order valence-corrected chi connectivity index (χ2v) is 10.2. The van der Waals surface area contributed by atoms with Gasteiger partial charge in [0.05, 0.1) is 28.8 Å². The predicted molar refractivity (Wildman–Crippen MR) is 139 cm³/mol. The van der Waals surface area contributed by atoms with Crippen LogP contribution >= 0.6 is 0 Å². The second-order valence-electron chi connectivity index (χ2n) is 8.62. The zero-order valence-electron chi connectivity index (χ0n) is 20.6. The molecular formula is C28H19F4N3O4S. The number of hydrogen-bond donors (Lipinski definition) is 0. The molecule has 5 rings (SSSR count). The summed E-state index contributed by atoms with van der Waals surface area (Å²) in [6, 6.07) is 17.9. The smallest absolute Gasteiger partial charge is 0.416 e. The van der Waals surface area contributed by atoms with Crippen LogP contribution in [0.15, 0.2) is 107 Å². The normalized spacial score (nSPS) is 11.9. The number of halogens is 4. The van der Waals surface area contributed by atoms with Crippen LogP contribution in [0.5, 0.6) is 5.75 Å². The molecule has 2 heterocycles. The molecule has 0 amide bonds. The van der Waals surface area contributed by atoms with Crippen LogP contribution in [0, 0.1) is 5.82 Å². The molecule has 0 saturated carbocycles. The number of sulfonamides is 1. The minimum atomic E-state index is -4.62. The molecule has 0 bridgehead atoms. The Labute approximate surface area is 225 Å². The van der Waals surface area contributed by atoms with Gasteiger partial charge in [-0.2, -0.15) is 13.2 Å². The van der Waals surface area contributed by atoms with Gasteiger partial charge in [0, 0.05) is 35.2 Å². The van der Waals surface area contributed by atoms with Gasteiger partial charge < -0.3 is 9.57 Å². The number of benzene rings is 3. The molecule has 5 aromatic rings. The van der Waals surface area contributed by atoms with Crippen molar-refractivity contribution in [1.82, 2.24) is 4.57 Å². The molecule has 0 unspecified atom stereocenters. The van der Waals surface area contributed by atoms with E-state index in [1.807, 2.05) is 0 Å². The van der Waals surface area contributed by atoms with Crippen LogP contribution in [0.1, 0.15) is 5.56 Å². The number of aromatic nitrogens is 2. The van der Waals surface area contributed by atoms with Gasteiger partial charge in [0.25, 0.3) is 5.56 Å². The van der Waals surface area contributed by atoms with E-state index in [2.05, 4.69) is 4.83 Å². The third-order valence-corrected chi connectivity index (χ3v) is 7.33. The first-order valence-electron chi connectivity index (χ1n) is 11.6. The third kappa shape index (κ3) is 5.13. The van der Waals surface area contributed by atoms with Crippen molar-refractivity contribution in [1.29, 1.82) is 0 Å². The highest BCUT2D eigenvalue weighted by Gasteiger charge is 2.30. The fourth-order valence-corrected chi connectivity index (χ4v) is 5.18. The van der Waals surface area contributed by atoms with Crippen molar-refractivity contribution in [3.05, 3.63) is 124 Å². The topological polar surface area (TPSA) is 83.3 Å². The fraction of sp³-hybridized carbons (Fsp3) is 0.0714. The molecular weight excluding hydrogens is 550 g/mol. The molecule has 0 fully saturated rings. The standard InChI is InChI=1S/C28H19F4N3O4S/c1-39-26-16-22(18-6-5-7-20(14-18)28(30,31)32)23(29)17-25(26)35-24-10-9-21(15-19(24)8-11-27(35)36)40(37,38)33-34-12-3-2-4-13-34/h2-17H,1H3. The van der Waals surface area contributed by atoms with Crippen molar-refractivity contribution in [2.24, 2.45) is 0 Å². The number of alkyl halides is 3. The Kier molecular flexibility index (Phi) is 6.80. The van der Waals surface area contributed by atoms with Crippen LogP contribution in [0.4, 0.5) is 17.6 Å². The number of pyridine rings is 2. The van der Waals surface area contributed by atoms with Gasteiger partial charge in [0.1, 0.15) is 11.6 Å². The Morgan fingerprint density at radius 3 is 2.35 bits per heavy atom. The molecule has 0 aliphatic carbocycles. The average molecular weight is 570 g/mol. The molecule has 40 heavy (non-hydrogen) atoms. The summed E-state index contributed by atoms with van der Waals surface area (Å²) in [4.78, 5) is 16.6. The van der Waals surface area contributed by atoms with Crippen LogP contribution in [0.25, 0.3) is 32.5 Å². The minimum Gasteiger partial charge on any atom is -0.495 e. The van der Waals surface area contributed by atoms with Crippen molar-refractivity contribution < 1.29 is 35.4 Å². The van der Waals surface area contributed by atoms with Crippen molar-refractivity contribution in [3.63, 3.8) is 0 Å². The van der Waals surface area contributed by atoms with Gasteiger partial charge in [-0.3, -0.25) is 9.36 Å². The molecule has 2 aromatic heterocycles. The molecule has 204 valence electrons. The lowest BCUT2D eigenvalue weighted by atomic mass is 10.0. The van der Waals surface area contributed by atoms with Crippen LogP contribution in [-0.2, 0) is 16.2 Å². The van der Waals surface area contributed by atoms with Gasteiger partial charge in [0.2, 0.25) is 0 Å². The molecule has 0 aliphatic rings. The van der Waals surface area contributed by atoms with E-state index in [9.17, 15) is 26.4 Å². The van der Waals surface area contributed by atoms with Crippen molar-refractivity contribution in [2.45, 2.75) is 11.1 Å². The van der Waals surface area contributed by atoms with Crippen LogP contribution in [-0.4, -0.2) is 20.1 Å². The maximum atomic E-state index is 15.4. The summed E-state index contributed by atoms with van der Waals surface area (Å²) in [5.74, 6) is -0.882. The summed E-state index contributed by atoms with van der Waals surface area (Å²) in [7, 11) is -2.85. The number of methoxy groups -OCH3 is 1. The highest BCUT2D eigenvalue weighted by atomic mass is 32.2. The summed E-state index contributed by atoms with van der Waals surface area (Å²) in [6.45, 7) is 0. The average Bonchev–Trinajstić information content (AvgIpc) is 2.92. The van der Waals surface area contributed by atoms with Crippen molar-refractivity contribution in [2.75, 3.05) is 7.11 Å². The zero-order valence-corrected chi connectivity index (χ0v) is 21.4. The zero-order chi connectivity index (χ0) is 28.7. The number of fused-ring (bicyclic) bond motifs is 1. The second kappa shape index (κ2) is 10.1. The van der Waals surface area contributed by atoms with Gasteiger partial charge in [0.15, 0.2) is 22.4 Å². The summed E-state index contributed by atoms with van der Waals surface area (Å²) in [6.07, 6.45) is -1.70. The molecule has 0 N–H and O–H groups in total. The maximum absolute atomic E-state index is 15.4. The van der Waals surface area contributed by atoms with Gasteiger partial charge in [-0.25, -0.2) is 17.5 Å². The molecule has 3 aromatic carbocycles. The van der Waals surface area contributed by atoms with Gasteiger partial charge in [-0.05, 0) is 48.0 Å². The number of ether oxygens (including phenoxy) is 1. The van der Waals surface area contributed by atoms with E-state index in [0.717, 1.165) is 27.4 Å². The van der Waals surface area contributed by atoms with E-state index in [0.29, 0.717) is 5.39 Å². The van der Waals surface area contributed by atoms with Crippen molar-refractivity contribution >= 4 is 20.9 Å². The van der Waals surface area contributed by atoms with E-state index in [1.54, 1.807) is 18.2 Å². The number of hydrogen-bond acceptors (Lipinski definition) is 4. The highest BCUT2D eigenvalue weighted by Crippen LogP contribution is 2.36. The summed E-state index contributed by atoms with van der Waals surface area (Å²) >= 11 is 0. The first-order valence-corrected chi connectivity index (χ1v) is 13.1. The summed E-state index contributed by atoms with van der Waals surface area (Å²) in [5, 5.41) is 0.332. The van der Waals surface area contributed by atoms with E-state index in [-0.39, 0.29) is 33.0 Å². The molecule has 0 spiro atoms. The largest absolute Gasteiger partial charge is 0.495 e. The predicted octanol–water partition coefficient (Wildman–Crippen LogP) is 5.64. The van der Waals surface area contributed by atoms with E-state index in [1.165, 1.54) is 68.0 Å². The molecule has 0 atom stereocenters. The van der Waals surface area contributed by atoms with Crippen LogP contribution < -0.4 is 15.0 Å². The molecule has 0 aliphatic heterocycles. The SMILES string of the molecule is COc1cc(-c2cccc(C(F)(F)F)c2)c(F)cc1-n1c(=O)ccc2cc(S(=O)(=O)[N-][n+]3ccccc3)ccc21. The van der Waals surface area contributed by atoms with Crippen molar-refractivity contribution in [3.8, 4) is 22.6 Å².